The molecule has 0 radical (unpaired) electrons. The molecule has 122 valence electrons. The predicted molar refractivity (Wildman–Crippen MR) is 94.9 cm³/mol. The minimum absolute atomic E-state index is 0.253. The number of ether oxygens (including phenoxy) is 1. The summed E-state index contributed by atoms with van der Waals surface area (Å²) in [5.41, 5.74) is 2.08. The minimum atomic E-state index is -3.21. The van der Waals surface area contributed by atoms with E-state index in [4.69, 9.17) is 4.74 Å². The average Bonchev–Trinajstić information content (AvgIpc) is 2.61. The topological polar surface area (TPSA) is 43.4 Å². The van der Waals surface area contributed by atoms with E-state index in [-0.39, 0.29) is 11.0 Å². The molecule has 0 aliphatic rings. The molecule has 0 fully saturated rings. The Morgan fingerprint density at radius 1 is 0.708 bits per heavy atom. The van der Waals surface area contributed by atoms with Crippen molar-refractivity contribution >= 4 is 9.84 Å². The molecule has 0 saturated carbocycles. The van der Waals surface area contributed by atoms with Gasteiger partial charge in [0.05, 0.1) is 4.90 Å². The molecule has 0 bridgehead atoms. The maximum Gasteiger partial charge on any atom is 0.175 e. The van der Waals surface area contributed by atoms with Crippen molar-refractivity contribution in [3.63, 3.8) is 0 Å². The molecule has 3 aromatic carbocycles. The summed E-state index contributed by atoms with van der Waals surface area (Å²) in [7, 11) is -3.21. The Balaban J connectivity index is 1.93. The SMILES string of the molecule is CS(=O)(=O)c1ccc(OC(c2ccccc2)c2ccccc2)cc1. The smallest absolute Gasteiger partial charge is 0.175 e. The molecule has 4 heteroatoms. The lowest BCUT2D eigenvalue weighted by molar-refractivity contribution is 0.247. The fourth-order valence-corrected chi connectivity index (χ4v) is 3.12. The Hall–Kier alpha value is -2.59. The van der Waals surface area contributed by atoms with Crippen LogP contribution in [-0.4, -0.2) is 14.7 Å². The summed E-state index contributed by atoms with van der Waals surface area (Å²) in [6, 6.07) is 26.4. The first kappa shape index (κ1) is 16.3. The zero-order chi connectivity index (χ0) is 17.0. The van der Waals surface area contributed by atoms with Crippen molar-refractivity contribution < 1.29 is 13.2 Å². The van der Waals surface area contributed by atoms with E-state index in [0.717, 1.165) is 11.1 Å². The van der Waals surface area contributed by atoms with Crippen LogP contribution in [0, 0.1) is 0 Å². The van der Waals surface area contributed by atoms with Gasteiger partial charge in [0, 0.05) is 6.26 Å². The third kappa shape index (κ3) is 3.84. The highest BCUT2D eigenvalue weighted by molar-refractivity contribution is 7.90. The van der Waals surface area contributed by atoms with Crippen molar-refractivity contribution in [2.24, 2.45) is 0 Å². The molecule has 0 N–H and O–H groups in total. The average molecular weight is 338 g/mol. The lowest BCUT2D eigenvalue weighted by Gasteiger charge is -2.20. The standard InChI is InChI=1S/C20H18O3S/c1-24(21,22)19-14-12-18(13-15-19)23-20(16-8-4-2-5-9-16)17-10-6-3-7-11-17/h2-15,20H,1H3. The van der Waals surface area contributed by atoms with Crippen molar-refractivity contribution in [3.05, 3.63) is 96.1 Å². The van der Waals surface area contributed by atoms with Gasteiger partial charge in [-0.25, -0.2) is 8.42 Å². The van der Waals surface area contributed by atoms with E-state index in [1.165, 1.54) is 6.26 Å². The maximum absolute atomic E-state index is 11.6. The Morgan fingerprint density at radius 2 is 1.17 bits per heavy atom. The fourth-order valence-electron chi connectivity index (χ4n) is 2.49. The molecule has 0 unspecified atom stereocenters. The van der Waals surface area contributed by atoms with E-state index in [9.17, 15) is 8.42 Å². The lowest BCUT2D eigenvalue weighted by Crippen LogP contribution is -2.09. The second-order valence-electron chi connectivity index (χ2n) is 5.56. The van der Waals surface area contributed by atoms with Crippen LogP contribution in [0.5, 0.6) is 5.75 Å². The van der Waals surface area contributed by atoms with Crippen molar-refractivity contribution in [3.8, 4) is 5.75 Å². The van der Waals surface area contributed by atoms with Gasteiger partial charge in [-0.15, -0.1) is 0 Å². The molecular formula is C20H18O3S. The van der Waals surface area contributed by atoms with Gasteiger partial charge in [0.15, 0.2) is 9.84 Å². The van der Waals surface area contributed by atoms with Crippen molar-refractivity contribution in [2.45, 2.75) is 11.0 Å². The molecule has 3 nitrogen and oxygen atoms in total. The van der Waals surface area contributed by atoms with Crippen LogP contribution in [-0.2, 0) is 9.84 Å². The third-order valence-electron chi connectivity index (χ3n) is 3.71. The van der Waals surface area contributed by atoms with Gasteiger partial charge >= 0.3 is 0 Å². The molecule has 0 aliphatic carbocycles. The summed E-state index contributed by atoms with van der Waals surface area (Å²) in [5.74, 6) is 0.625. The van der Waals surface area contributed by atoms with E-state index in [0.29, 0.717) is 5.75 Å². The molecule has 24 heavy (non-hydrogen) atoms. The first-order valence-electron chi connectivity index (χ1n) is 7.61. The van der Waals surface area contributed by atoms with Crippen molar-refractivity contribution in [1.29, 1.82) is 0 Å². The first-order chi connectivity index (χ1) is 11.5. The number of hydrogen-bond acceptors (Lipinski definition) is 3. The van der Waals surface area contributed by atoms with Gasteiger partial charge in [0.25, 0.3) is 0 Å². The number of hydrogen-bond donors (Lipinski definition) is 0. The molecule has 0 spiro atoms. The minimum Gasteiger partial charge on any atom is -0.481 e. The highest BCUT2D eigenvalue weighted by Gasteiger charge is 2.16. The number of rotatable bonds is 5. The molecule has 3 rings (SSSR count). The van der Waals surface area contributed by atoms with Gasteiger partial charge in [-0.05, 0) is 35.4 Å². The van der Waals surface area contributed by atoms with Crippen LogP contribution in [0.2, 0.25) is 0 Å². The van der Waals surface area contributed by atoms with Crippen LogP contribution in [0.4, 0.5) is 0 Å². The molecule has 0 aromatic heterocycles. The van der Waals surface area contributed by atoms with E-state index in [1.807, 2.05) is 60.7 Å². The zero-order valence-corrected chi connectivity index (χ0v) is 14.1. The quantitative estimate of drug-likeness (QED) is 0.698. The van der Waals surface area contributed by atoms with Crippen molar-refractivity contribution in [2.75, 3.05) is 6.26 Å². The van der Waals surface area contributed by atoms with Gasteiger partial charge < -0.3 is 4.74 Å². The Bertz CT molecular complexity index is 847. The first-order valence-corrected chi connectivity index (χ1v) is 9.50. The summed E-state index contributed by atoms with van der Waals surface area (Å²) in [5, 5.41) is 0. The van der Waals surface area contributed by atoms with Crippen molar-refractivity contribution in [1.82, 2.24) is 0 Å². The van der Waals surface area contributed by atoms with Crippen LogP contribution >= 0.6 is 0 Å². The Kier molecular flexibility index (Phi) is 4.67. The normalized spacial score (nSPS) is 11.4. The van der Waals surface area contributed by atoms with Crippen LogP contribution in [0.15, 0.2) is 89.8 Å². The highest BCUT2D eigenvalue weighted by Crippen LogP contribution is 2.28. The van der Waals surface area contributed by atoms with Gasteiger partial charge in [-0.2, -0.15) is 0 Å². The molecule has 0 heterocycles. The van der Waals surface area contributed by atoms with Gasteiger partial charge in [-0.3, -0.25) is 0 Å². The molecule has 0 atom stereocenters. The molecule has 0 saturated heterocycles. The molecule has 3 aromatic rings. The zero-order valence-electron chi connectivity index (χ0n) is 13.3. The second-order valence-corrected chi connectivity index (χ2v) is 7.58. The second kappa shape index (κ2) is 6.89. The lowest BCUT2D eigenvalue weighted by atomic mass is 10.0. The maximum atomic E-state index is 11.6. The summed E-state index contributed by atoms with van der Waals surface area (Å²) in [6.07, 6.45) is 0.941. The summed E-state index contributed by atoms with van der Waals surface area (Å²) in [6.45, 7) is 0. The number of benzene rings is 3. The van der Waals surface area contributed by atoms with Gasteiger partial charge in [0.2, 0.25) is 0 Å². The van der Waals surface area contributed by atoms with Gasteiger partial charge in [-0.1, -0.05) is 60.7 Å². The van der Waals surface area contributed by atoms with Crippen LogP contribution in [0.3, 0.4) is 0 Å². The molecule has 0 aliphatic heterocycles. The van der Waals surface area contributed by atoms with Crippen LogP contribution in [0.25, 0.3) is 0 Å². The van der Waals surface area contributed by atoms with Gasteiger partial charge in [0.1, 0.15) is 11.9 Å². The predicted octanol–water partition coefficient (Wildman–Crippen LogP) is 4.26. The van der Waals surface area contributed by atoms with E-state index in [1.54, 1.807) is 24.3 Å². The molecule has 0 amide bonds. The Morgan fingerprint density at radius 3 is 1.58 bits per heavy atom. The van der Waals surface area contributed by atoms with Crippen LogP contribution in [0.1, 0.15) is 17.2 Å². The summed E-state index contributed by atoms with van der Waals surface area (Å²) < 4.78 is 29.3. The monoisotopic (exact) mass is 338 g/mol. The van der Waals surface area contributed by atoms with Crippen LogP contribution < -0.4 is 4.74 Å². The Labute approximate surface area is 142 Å². The largest absolute Gasteiger partial charge is 0.481 e. The summed E-state index contributed by atoms with van der Waals surface area (Å²) in [4.78, 5) is 0.283. The van der Waals surface area contributed by atoms with E-state index in [2.05, 4.69) is 0 Å². The number of sulfone groups is 1. The summed E-state index contributed by atoms with van der Waals surface area (Å²) >= 11 is 0. The van der Waals surface area contributed by atoms with E-state index >= 15 is 0 Å². The highest BCUT2D eigenvalue weighted by atomic mass is 32.2. The fraction of sp³-hybridized carbons (Fsp3) is 0.100. The molecular weight excluding hydrogens is 320 g/mol. The third-order valence-corrected chi connectivity index (χ3v) is 4.84. The van der Waals surface area contributed by atoms with E-state index < -0.39 is 9.84 Å².